The molecule has 0 bridgehead atoms. The van der Waals surface area contributed by atoms with Gasteiger partial charge in [-0.1, -0.05) is 20.3 Å². The van der Waals surface area contributed by atoms with Crippen molar-refractivity contribution in [2.45, 2.75) is 46.5 Å². The molecule has 5 nitrogen and oxygen atoms in total. The van der Waals surface area contributed by atoms with Crippen molar-refractivity contribution in [3.63, 3.8) is 0 Å². The number of unbranched alkanes of at least 4 members (excludes halogenated alkanes) is 1. The van der Waals surface area contributed by atoms with Gasteiger partial charge in [-0.25, -0.2) is 0 Å². The molecule has 0 saturated heterocycles. The third-order valence-corrected chi connectivity index (χ3v) is 4.45. The van der Waals surface area contributed by atoms with Crippen LogP contribution in [0.4, 0.5) is 11.4 Å². The third kappa shape index (κ3) is 4.59. The molecule has 0 aliphatic carbocycles. The van der Waals surface area contributed by atoms with E-state index in [4.69, 9.17) is 25.7 Å². The Morgan fingerprint density at radius 3 is 2.04 bits per heavy atom. The van der Waals surface area contributed by atoms with E-state index in [0.29, 0.717) is 30.4 Å². The first-order valence-corrected chi connectivity index (χ1v) is 9.72. The minimum atomic E-state index is 0.559. The zero-order valence-electron chi connectivity index (χ0n) is 16.9. The molecule has 4 N–H and O–H groups in total. The Balaban J connectivity index is 2.66. The summed E-state index contributed by atoms with van der Waals surface area (Å²) in [6, 6.07) is 7.71. The van der Waals surface area contributed by atoms with Crippen LogP contribution in [0.5, 0.6) is 17.2 Å². The highest BCUT2D eigenvalue weighted by Gasteiger charge is 2.21. The molecule has 0 aliphatic rings. The van der Waals surface area contributed by atoms with Crippen LogP contribution in [-0.4, -0.2) is 20.3 Å². The molecule has 0 atom stereocenters. The average molecular weight is 373 g/mol. The Morgan fingerprint density at radius 2 is 1.44 bits per heavy atom. The third-order valence-electron chi connectivity index (χ3n) is 4.45. The summed E-state index contributed by atoms with van der Waals surface area (Å²) in [5, 5.41) is 0. The van der Waals surface area contributed by atoms with Crippen molar-refractivity contribution in [1.82, 2.24) is 0 Å². The summed E-state index contributed by atoms with van der Waals surface area (Å²) >= 11 is 0. The molecule has 5 heteroatoms. The summed E-state index contributed by atoms with van der Waals surface area (Å²) in [7, 11) is 1.63. The molecule has 0 aromatic heterocycles. The number of methoxy groups -OCH3 is 1. The van der Waals surface area contributed by atoms with E-state index in [-0.39, 0.29) is 0 Å². The van der Waals surface area contributed by atoms with E-state index in [0.717, 1.165) is 53.8 Å². The van der Waals surface area contributed by atoms with Gasteiger partial charge in [0.05, 0.1) is 26.0 Å². The van der Waals surface area contributed by atoms with Gasteiger partial charge in [0.25, 0.3) is 0 Å². The molecule has 0 unspecified atom stereocenters. The molecule has 0 heterocycles. The van der Waals surface area contributed by atoms with Crippen molar-refractivity contribution < 1.29 is 14.2 Å². The van der Waals surface area contributed by atoms with Gasteiger partial charge in [0.15, 0.2) is 11.5 Å². The predicted molar refractivity (Wildman–Crippen MR) is 113 cm³/mol. The number of nitrogens with two attached hydrogens (primary N) is 2. The number of ether oxygens (including phenoxy) is 3. The van der Waals surface area contributed by atoms with Gasteiger partial charge in [-0.3, -0.25) is 0 Å². The van der Waals surface area contributed by atoms with E-state index >= 15 is 0 Å². The van der Waals surface area contributed by atoms with E-state index in [1.807, 2.05) is 31.2 Å². The standard InChI is InChI=1S/C22H32N2O3/c1-5-8-9-17-18(23)12-10-15(20(17)26-7-3)16-11-13-19(24)22(21(16)25-4)27-14-6-2/h10-13H,5-9,14,23-24H2,1-4H3. The lowest BCUT2D eigenvalue weighted by atomic mass is 9.96. The van der Waals surface area contributed by atoms with Gasteiger partial charge < -0.3 is 25.7 Å². The van der Waals surface area contributed by atoms with Crippen LogP contribution in [0, 0.1) is 0 Å². The molecule has 2 rings (SSSR count). The van der Waals surface area contributed by atoms with E-state index in [2.05, 4.69) is 13.8 Å². The number of hydrogen-bond donors (Lipinski definition) is 2. The first-order chi connectivity index (χ1) is 13.1. The summed E-state index contributed by atoms with van der Waals surface area (Å²) in [5.74, 6) is 2.01. The van der Waals surface area contributed by atoms with E-state index in [9.17, 15) is 0 Å². The van der Waals surface area contributed by atoms with Crippen LogP contribution in [0.25, 0.3) is 11.1 Å². The monoisotopic (exact) mass is 372 g/mol. The van der Waals surface area contributed by atoms with Gasteiger partial charge in [0.1, 0.15) is 5.75 Å². The smallest absolute Gasteiger partial charge is 0.184 e. The van der Waals surface area contributed by atoms with E-state index in [1.54, 1.807) is 7.11 Å². The van der Waals surface area contributed by atoms with Gasteiger partial charge in [-0.2, -0.15) is 0 Å². The fourth-order valence-corrected chi connectivity index (χ4v) is 3.12. The topological polar surface area (TPSA) is 79.7 Å². The Morgan fingerprint density at radius 1 is 0.778 bits per heavy atom. The number of benzene rings is 2. The number of nitrogen functional groups attached to an aromatic ring is 2. The van der Waals surface area contributed by atoms with Crippen molar-refractivity contribution in [3.05, 3.63) is 29.8 Å². The highest BCUT2D eigenvalue weighted by Crippen LogP contribution is 2.46. The van der Waals surface area contributed by atoms with E-state index in [1.165, 1.54) is 0 Å². The highest BCUT2D eigenvalue weighted by atomic mass is 16.5. The largest absolute Gasteiger partial charge is 0.493 e. The predicted octanol–water partition coefficient (Wildman–Crippen LogP) is 5.06. The molecule has 0 radical (unpaired) electrons. The van der Waals surface area contributed by atoms with Crippen molar-refractivity contribution in [2.24, 2.45) is 0 Å². The maximum absolute atomic E-state index is 6.27. The molecular formula is C22H32N2O3. The second kappa shape index (κ2) is 9.95. The second-order valence-corrected chi connectivity index (χ2v) is 6.46. The molecule has 0 amide bonds. The van der Waals surface area contributed by atoms with Crippen molar-refractivity contribution in [2.75, 3.05) is 31.8 Å². The Kier molecular flexibility index (Phi) is 7.65. The molecule has 0 aliphatic heterocycles. The molecule has 0 fully saturated rings. The minimum absolute atomic E-state index is 0.559. The average Bonchev–Trinajstić information content (AvgIpc) is 2.67. The number of anilines is 2. The summed E-state index contributed by atoms with van der Waals surface area (Å²) in [6.07, 6.45) is 3.91. The quantitative estimate of drug-likeness (QED) is 0.570. The summed E-state index contributed by atoms with van der Waals surface area (Å²) < 4.78 is 17.6. The van der Waals surface area contributed by atoms with Crippen LogP contribution in [-0.2, 0) is 6.42 Å². The fourth-order valence-electron chi connectivity index (χ4n) is 3.12. The molecular weight excluding hydrogens is 340 g/mol. The van der Waals surface area contributed by atoms with Crippen molar-refractivity contribution in [3.8, 4) is 28.4 Å². The Hall–Kier alpha value is -2.56. The van der Waals surface area contributed by atoms with Crippen LogP contribution in [0.15, 0.2) is 24.3 Å². The summed E-state index contributed by atoms with van der Waals surface area (Å²) in [4.78, 5) is 0. The lowest BCUT2D eigenvalue weighted by Crippen LogP contribution is -2.05. The molecule has 148 valence electrons. The van der Waals surface area contributed by atoms with Crippen molar-refractivity contribution in [1.29, 1.82) is 0 Å². The lowest BCUT2D eigenvalue weighted by Gasteiger charge is -2.21. The molecule has 0 spiro atoms. The van der Waals surface area contributed by atoms with Gasteiger partial charge in [-0.05, 0) is 50.5 Å². The first kappa shape index (κ1) is 20.7. The van der Waals surface area contributed by atoms with Crippen molar-refractivity contribution >= 4 is 11.4 Å². The first-order valence-electron chi connectivity index (χ1n) is 9.72. The fraction of sp³-hybridized carbons (Fsp3) is 0.455. The minimum Gasteiger partial charge on any atom is -0.493 e. The van der Waals surface area contributed by atoms with Gasteiger partial charge in [0.2, 0.25) is 0 Å². The van der Waals surface area contributed by atoms with E-state index < -0.39 is 0 Å². The molecule has 2 aromatic rings. The SMILES string of the molecule is CCCCc1c(N)ccc(-c2ccc(N)c(OCCC)c2OC)c1OCC. The molecule has 27 heavy (non-hydrogen) atoms. The maximum atomic E-state index is 6.27. The highest BCUT2D eigenvalue weighted by molar-refractivity contribution is 5.84. The Bertz CT molecular complexity index is 760. The van der Waals surface area contributed by atoms with Gasteiger partial charge in [0, 0.05) is 22.4 Å². The second-order valence-electron chi connectivity index (χ2n) is 6.46. The maximum Gasteiger partial charge on any atom is 0.184 e. The lowest BCUT2D eigenvalue weighted by molar-refractivity contribution is 0.296. The van der Waals surface area contributed by atoms with Gasteiger partial charge in [-0.15, -0.1) is 0 Å². The summed E-state index contributed by atoms with van der Waals surface area (Å²) in [5.41, 5.74) is 16.6. The normalized spacial score (nSPS) is 10.7. The number of rotatable bonds is 10. The van der Waals surface area contributed by atoms with Crippen LogP contribution in [0.3, 0.4) is 0 Å². The van der Waals surface area contributed by atoms with Gasteiger partial charge >= 0.3 is 0 Å². The van der Waals surface area contributed by atoms with Crippen LogP contribution in [0.1, 0.15) is 45.6 Å². The number of hydrogen-bond acceptors (Lipinski definition) is 5. The van der Waals surface area contributed by atoms with Crippen LogP contribution in [0.2, 0.25) is 0 Å². The summed E-state index contributed by atoms with van der Waals surface area (Å²) in [6.45, 7) is 7.34. The molecule has 0 saturated carbocycles. The zero-order valence-corrected chi connectivity index (χ0v) is 16.9. The van der Waals surface area contributed by atoms with Crippen LogP contribution < -0.4 is 25.7 Å². The van der Waals surface area contributed by atoms with Crippen LogP contribution >= 0.6 is 0 Å². The Labute approximate surface area is 162 Å². The molecule has 2 aromatic carbocycles. The zero-order chi connectivity index (χ0) is 19.8.